The molecule has 0 radical (unpaired) electrons. The number of fused-ring (bicyclic) bond motifs is 1. The van der Waals surface area contributed by atoms with Gasteiger partial charge in [0.15, 0.2) is 23.8 Å². The van der Waals surface area contributed by atoms with Crippen molar-refractivity contribution in [1.29, 1.82) is 0 Å². The molecular weight excluding hydrogens is 284 g/mol. The van der Waals surface area contributed by atoms with Crippen molar-refractivity contribution in [2.75, 3.05) is 19.0 Å². The van der Waals surface area contributed by atoms with Gasteiger partial charge in [-0.1, -0.05) is 12.1 Å². The van der Waals surface area contributed by atoms with Crippen molar-refractivity contribution in [2.24, 2.45) is 0 Å². The van der Waals surface area contributed by atoms with Gasteiger partial charge in [0.25, 0.3) is 5.91 Å². The smallest absolute Gasteiger partial charge is 0.262 e. The summed E-state index contributed by atoms with van der Waals surface area (Å²) in [5.41, 5.74) is 1.35. The van der Waals surface area contributed by atoms with E-state index in [0.717, 1.165) is 0 Å². The number of pyridine rings is 1. The van der Waals surface area contributed by atoms with Crippen LogP contribution in [0.1, 0.15) is 0 Å². The fraction of sp³-hybridized carbons (Fsp3) is 0.133. The number of ether oxygens (including phenoxy) is 2. The molecule has 1 aromatic carbocycles. The third kappa shape index (κ3) is 2.98. The third-order valence-corrected chi connectivity index (χ3v) is 3.00. The zero-order chi connectivity index (χ0) is 15.4. The number of anilines is 1. The third-order valence-electron chi connectivity index (χ3n) is 3.00. The number of benzene rings is 1. The van der Waals surface area contributed by atoms with E-state index in [1.165, 1.54) is 0 Å². The Morgan fingerprint density at radius 1 is 1.23 bits per heavy atom. The van der Waals surface area contributed by atoms with Crippen LogP contribution in [0.3, 0.4) is 0 Å². The number of hydrogen-bond donors (Lipinski definition) is 1. The van der Waals surface area contributed by atoms with E-state index in [4.69, 9.17) is 9.47 Å². The number of aromatic nitrogens is 3. The van der Waals surface area contributed by atoms with Gasteiger partial charge < -0.3 is 14.8 Å². The van der Waals surface area contributed by atoms with Gasteiger partial charge in [-0.15, -0.1) is 10.2 Å². The normalized spacial score (nSPS) is 10.4. The van der Waals surface area contributed by atoms with Gasteiger partial charge in [-0.3, -0.25) is 9.20 Å². The molecule has 0 spiro atoms. The van der Waals surface area contributed by atoms with Crippen LogP contribution in [0.25, 0.3) is 5.65 Å². The Labute approximate surface area is 126 Å². The van der Waals surface area contributed by atoms with E-state index in [0.29, 0.717) is 22.8 Å². The van der Waals surface area contributed by atoms with E-state index < -0.39 is 0 Å². The summed E-state index contributed by atoms with van der Waals surface area (Å²) in [6.07, 6.45) is 3.30. The second-order valence-electron chi connectivity index (χ2n) is 4.50. The van der Waals surface area contributed by atoms with Crippen LogP contribution in [0, 0.1) is 0 Å². The average molecular weight is 298 g/mol. The van der Waals surface area contributed by atoms with Crippen molar-refractivity contribution >= 4 is 17.2 Å². The van der Waals surface area contributed by atoms with Crippen LogP contribution in [0.2, 0.25) is 0 Å². The molecule has 0 unspecified atom stereocenters. The quantitative estimate of drug-likeness (QED) is 0.776. The lowest BCUT2D eigenvalue weighted by Gasteiger charge is -2.10. The first-order valence-corrected chi connectivity index (χ1v) is 6.61. The van der Waals surface area contributed by atoms with Crippen LogP contribution in [-0.4, -0.2) is 34.2 Å². The lowest BCUT2D eigenvalue weighted by atomic mass is 10.3. The first kappa shape index (κ1) is 13.9. The molecule has 1 amide bonds. The molecule has 7 nitrogen and oxygen atoms in total. The van der Waals surface area contributed by atoms with Crippen LogP contribution in [0.15, 0.2) is 48.9 Å². The molecule has 0 aliphatic carbocycles. The predicted octanol–water partition coefficient (Wildman–Crippen LogP) is 1.76. The topological polar surface area (TPSA) is 77.8 Å². The molecule has 0 saturated heterocycles. The van der Waals surface area contributed by atoms with E-state index in [1.807, 2.05) is 12.1 Å². The number of rotatable bonds is 5. The number of amides is 1. The number of carbonyl (C=O) groups excluding carboxylic acids is 1. The Bertz CT molecular complexity index is 800. The van der Waals surface area contributed by atoms with Crippen LogP contribution in [0.4, 0.5) is 5.69 Å². The van der Waals surface area contributed by atoms with Crippen molar-refractivity contribution in [1.82, 2.24) is 14.6 Å². The Kier molecular flexibility index (Phi) is 3.86. The largest absolute Gasteiger partial charge is 0.493 e. The number of nitrogens with zero attached hydrogens (tertiary/aromatic N) is 3. The van der Waals surface area contributed by atoms with Crippen molar-refractivity contribution in [3.63, 3.8) is 0 Å². The number of hydrogen-bond acceptors (Lipinski definition) is 5. The highest BCUT2D eigenvalue weighted by Gasteiger charge is 2.07. The van der Waals surface area contributed by atoms with Crippen LogP contribution in [0.5, 0.6) is 11.5 Å². The Morgan fingerprint density at radius 2 is 2.05 bits per heavy atom. The Morgan fingerprint density at radius 3 is 2.86 bits per heavy atom. The Hall–Kier alpha value is -3.09. The van der Waals surface area contributed by atoms with Gasteiger partial charge in [0.2, 0.25) is 0 Å². The molecule has 7 heteroatoms. The fourth-order valence-electron chi connectivity index (χ4n) is 1.98. The minimum Gasteiger partial charge on any atom is -0.493 e. The molecule has 2 aromatic heterocycles. The lowest BCUT2D eigenvalue weighted by Crippen LogP contribution is -2.20. The van der Waals surface area contributed by atoms with E-state index in [2.05, 4.69) is 15.5 Å². The molecule has 3 aromatic rings. The van der Waals surface area contributed by atoms with Crippen molar-refractivity contribution < 1.29 is 14.3 Å². The first-order chi connectivity index (χ1) is 10.8. The van der Waals surface area contributed by atoms with Gasteiger partial charge in [0, 0.05) is 6.20 Å². The standard InChI is InChI=1S/C15H14N4O3/c1-21-12-4-2-3-5-13(12)22-9-15(20)17-11-6-7-14-18-16-10-19(14)8-11/h2-8,10H,9H2,1H3,(H,17,20). The van der Waals surface area contributed by atoms with E-state index in [-0.39, 0.29) is 12.5 Å². The van der Waals surface area contributed by atoms with Gasteiger partial charge in [-0.2, -0.15) is 0 Å². The van der Waals surface area contributed by atoms with E-state index in [1.54, 1.807) is 48.3 Å². The number of para-hydroxylation sites is 2. The highest BCUT2D eigenvalue weighted by atomic mass is 16.5. The zero-order valence-corrected chi connectivity index (χ0v) is 11.9. The molecule has 1 N–H and O–H groups in total. The minimum absolute atomic E-state index is 0.111. The molecule has 3 rings (SSSR count). The van der Waals surface area contributed by atoms with Crippen LogP contribution in [-0.2, 0) is 4.79 Å². The molecular formula is C15H14N4O3. The van der Waals surface area contributed by atoms with Crippen LogP contribution >= 0.6 is 0 Å². The van der Waals surface area contributed by atoms with Gasteiger partial charge in [-0.05, 0) is 24.3 Å². The second-order valence-corrected chi connectivity index (χ2v) is 4.50. The molecule has 2 heterocycles. The predicted molar refractivity (Wildman–Crippen MR) is 80.1 cm³/mol. The minimum atomic E-state index is -0.265. The maximum Gasteiger partial charge on any atom is 0.262 e. The van der Waals surface area contributed by atoms with Gasteiger partial charge in [0.1, 0.15) is 6.33 Å². The summed E-state index contributed by atoms with van der Waals surface area (Å²) < 4.78 is 12.3. The van der Waals surface area contributed by atoms with Crippen molar-refractivity contribution in [3.05, 3.63) is 48.9 Å². The molecule has 0 aliphatic rings. The zero-order valence-electron chi connectivity index (χ0n) is 11.9. The summed E-state index contributed by atoms with van der Waals surface area (Å²) in [5, 5.41) is 10.4. The fourth-order valence-corrected chi connectivity index (χ4v) is 1.98. The molecule has 112 valence electrons. The van der Waals surface area contributed by atoms with Crippen molar-refractivity contribution in [3.8, 4) is 11.5 Å². The molecule has 22 heavy (non-hydrogen) atoms. The summed E-state index contributed by atoms with van der Waals surface area (Å²) in [6.45, 7) is -0.111. The molecule has 0 fully saturated rings. The maximum atomic E-state index is 11.9. The summed E-state index contributed by atoms with van der Waals surface area (Å²) in [4.78, 5) is 11.9. The summed E-state index contributed by atoms with van der Waals surface area (Å²) in [5.74, 6) is 0.842. The molecule has 0 aliphatic heterocycles. The highest BCUT2D eigenvalue weighted by molar-refractivity contribution is 5.91. The second kappa shape index (κ2) is 6.13. The molecule has 0 saturated carbocycles. The van der Waals surface area contributed by atoms with E-state index >= 15 is 0 Å². The molecule has 0 atom stereocenters. The van der Waals surface area contributed by atoms with Crippen LogP contribution < -0.4 is 14.8 Å². The highest BCUT2D eigenvalue weighted by Crippen LogP contribution is 2.25. The summed E-state index contributed by atoms with van der Waals surface area (Å²) in [7, 11) is 1.55. The lowest BCUT2D eigenvalue weighted by molar-refractivity contribution is -0.118. The number of methoxy groups -OCH3 is 1. The monoisotopic (exact) mass is 298 g/mol. The maximum absolute atomic E-state index is 11.9. The summed E-state index contributed by atoms with van der Waals surface area (Å²) >= 11 is 0. The first-order valence-electron chi connectivity index (χ1n) is 6.61. The summed E-state index contributed by atoms with van der Waals surface area (Å²) in [6, 6.07) is 10.7. The SMILES string of the molecule is COc1ccccc1OCC(=O)Nc1ccc2nncn2c1. The van der Waals surface area contributed by atoms with Gasteiger partial charge >= 0.3 is 0 Å². The Balaban J connectivity index is 1.62. The van der Waals surface area contributed by atoms with Gasteiger partial charge in [-0.25, -0.2) is 0 Å². The van der Waals surface area contributed by atoms with E-state index in [9.17, 15) is 4.79 Å². The number of carbonyl (C=O) groups is 1. The molecule has 0 bridgehead atoms. The van der Waals surface area contributed by atoms with Gasteiger partial charge in [0.05, 0.1) is 12.8 Å². The van der Waals surface area contributed by atoms with Crippen molar-refractivity contribution in [2.45, 2.75) is 0 Å². The average Bonchev–Trinajstić information content (AvgIpc) is 3.01. The number of nitrogens with one attached hydrogen (secondary N) is 1.